The second kappa shape index (κ2) is 9.66. The van der Waals surface area contributed by atoms with Crippen molar-refractivity contribution in [2.45, 2.75) is 16.1 Å². The number of pyridine rings is 1. The number of alkyl halides is 3. The zero-order valence-electron chi connectivity index (χ0n) is 15.0. The van der Waals surface area contributed by atoms with Gasteiger partial charge in [0.05, 0.1) is 30.9 Å². The monoisotopic (exact) mass is 446 g/mol. The van der Waals surface area contributed by atoms with Crippen molar-refractivity contribution in [1.29, 1.82) is 0 Å². The minimum Gasteiger partial charge on any atom is -0.466 e. The van der Waals surface area contributed by atoms with Gasteiger partial charge >= 0.3 is 18.1 Å². The van der Waals surface area contributed by atoms with E-state index in [0.717, 1.165) is 31.0 Å². The standard InChI is InChI=1S/C18H14ClF3N2O4S/c1-27-15(25)8-14(17(26)28-2)24-11-3-5-12(6-4-11)29-16-13(19)7-10(9-23-16)18(20,21)22/h3-9,24H,1-2H3/b14-8+. The first-order valence-electron chi connectivity index (χ1n) is 7.79. The number of rotatable bonds is 6. The Morgan fingerprint density at radius 2 is 1.83 bits per heavy atom. The van der Waals surface area contributed by atoms with Crippen molar-refractivity contribution in [3.05, 3.63) is 58.9 Å². The Bertz CT molecular complexity index is 934. The van der Waals surface area contributed by atoms with Gasteiger partial charge in [0.25, 0.3) is 0 Å². The lowest BCUT2D eigenvalue weighted by molar-refractivity contribution is -0.138. The third-order valence-corrected chi connectivity index (χ3v) is 4.78. The number of anilines is 1. The SMILES string of the molecule is COC(=O)/C=C(/Nc1ccc(Sc2ncc(C(F)(F)F)cc2Cl)cc1)C(=O)OC. The molecule has 6 nitrogen and oxygen atoms in total. The lowest BCUT2D eigenvalue weighted by Gasteiger charge is -2.11. The van der Waals surface area contributed by atoms with Crippen molar-refractivity contribution in [3.63, 3.8) is 0 Å². The minimum atomic E-state index is -4.53. The molecule has 29 heavy (non-hydrogen) atoms. The number of aromatic nitrogens is 1. The normalized spacial score (nSPS) is 11.7. The van der Waals surface area contributed by atoms with Crippen LogP contribution in [0.3, 0.4) is 0 Å². The predicted molar refractivity (Wildman–Crippen MR) is 101 cm³/mol. The van der Waals surface area contributed by atoms with Crippen LogP contribution in [-0.2, 0) is 25.2 Å². The van der Waals surface area contributed by atoms with Gasteiger partial charge in [0.15, 0.2) is 0 Å². The molecule has 0 aliphatic rings. The Morgan fingerprint density at radius 3 is 2.34 bits per heavy atom. The van der Waals surface area contributed by atoms with Crippen LogP contribution in [0, 0.1) is 0 Å². The van der Waals surface area contributed by atoms with Crippen LogP contribution in [0.2, 0.25) is 5.02 Å². The van der Waals surface area contributed by atoms with Crippen molar-refractivity contribution >= 4 is 41.0 Å². The molecule has 0 aliphatic heterocycles. The smallest absolute Gasteiger partial charge is 0.417 e. The first kappa shape index (κ1) is 22.6. The summed E-state index contributed by atoms with van der Waals surface area (Å²) in [5, 5.41) is 2.82. The van der Waals surface area contributed by atoms with Gasteiger partial charge in [-0.25, -0.2) is 14.6 Å². The summed E-state index contributed by atoms with van der Waals surface area (Å²) in [6.45, 7) is 0. The molecule has 0 saturated carbocycles. The van der Waals surface area contributed by atoms with Crippen molar-refractivity contribution < 1.29 is 32.2 Å². The molecule has 1 heterocycles. The number of carbonyl (C=O) groups is 2. The number of methoxy groups -OCH3 is 2. The maximum Gasteiger partial charge on any atom is 0.417 e. The van der Waals surface area contributed by atoms with Gasteiger partial charge in [-0.1, -0.05) is 23.4 Å². The molecule has 0 atom stereocenters. The average molecular weight is 447 g/mol. The second-order valence-corrected chi connectivity index (χ2v) is 6.80. The number of hydrogen-bond donors (Lipinski definition) is 1. The van der Waals surface area contributed by atoms with Crippen molar-refractivity contribution in [2.75, 3.05) is 19.5 Å². The van der Waals surface area contributed by atoms with Gasteiger partial charge < -0.3 is 14.8 Å². The van der Waals surface area contributed by atoms with E-state index in [1.165, 1.54) is 7.11 Å². The Hall–Kier alpha value is -2.72. The number of halogens is 4. The van der Waals surface area contributed by atoms with Crippen LogP contribution >= 0.6 is 23.4 Å². The quantitative estimate of drug-likeness (QED) is 0.515. The molecule has 0 bridgehead atoms. The molecule has 1 aromatic carbocycles. The summed E-state index contributed by atoms with van der Waals surface area (Å²) >= 11 is 6.97. The minimum absolute atomic E-state index is 0.124. The van der Waals surface area contributed by atoms with Crippen molar-refractivity contribution in [3.8, 4) is 0 Å². The van der Waals surface area contributed by atoms with E-state index in [2.05, 4.69) is 19.8 Å². The van der Waals surface area contributed by atoms with Gasteiger partial charge in [0.1, 0.15) is 10.7 Å². The maximum absolute atomic E-state index is 12.7. The van der Waals surface area contributed by atoms with Crippen LogP contribution < -0.4 is 5.32 Å². The van der Waals surface area contributed by atoms with Crippen LogP contribution in [0.15, 0.2) is 58.2 Å². The van der Waals surface area contributed by atoms with Crippen molar-refractivity contribution in [2.24, 2.45) is 0 Å². The first-order chi connectivity index (χ1) is 13.6. The predicted octanol–water partition coefficient (Wildman–Crippen LogP) is 4.55. The average Bonchev–Trinajstić information content (AvgIpc) is 2.68. The van der Waals surface area contributed by atoms with Gasteiger partial charge in [-0.05, 0) is 30.3 Å². The molecule has 2 aromatic rings. The van der Waals surface area contributed by atoms with Crippen molar-refractivity contribution in [1.82, 2.24) is 4.98 Å². The third-order valence-electron chi connectivity index (χ3n) is 3.35. The van der Waals surface area contributed by atoms with E-state index in [1.807, 2.05) is 0 Å². The molecular formula is C18H14ClF3N2O4S. The molecule has 0 amide bonds. The zero-order valence-corrected chi connectivity index (χ0v) is 16.6. The molecule has 1 aromatic heterocycles. The van der Waals surface area contributed by atoms with Crippen LogP contribution in [0.4, 0.5) is 18.9 Å². The largest absolute Gasteiger partial charge is 0.466 e. The summed E-state index contributed by atoms with van der Waals surface area (Å²) in [4.78, 5) is 27.5. The summed E-state index contributed by atoms with van der Waals surface area (Å²) in [6.07, 6.45) is -2.87. The number of hydrogen-bond acceptors (Lipinski definition) is 7. The summed E-state index contributed by atoms with van der Waals surface area (Å²) in [6, 6.07) is 7.27. The van der Waals surface area contributed by atoms with Gasteiger partial charge in [-0.15, -0.1) is 0 Å². The van der Waals surface area contributed by atoms with E-state index >= 15 is 0 Å². The van der Waals surface area contributed by atoms with E-state index in [1.54, 1.807) is 24.3 Å². The van der Waals surface area contributed by atoms with Gasteiger partial charge in [0.2, 0.25) is 0 Å². The molecule has 0 saturated heterocycles. The summed E-state index contributed by atoms with van der Waals surface area (Å²) in [7, 11) is 2.33. The highest BCUT2D eigenvalue weighted by Gasteiger charge is 2.31. The van der Waals surface area contributed by atoms with Crippen LogP contribution in [0.25, 0.3) is 0 Å². The van der Waals surface area contributed by atoms with Crippen LogP contribution in [0.1, 0.15) is 5.56 Å². The molecule has 2 rings (SSSR count). The van der Waals surface area contributed by atoms with Gasteiger partial charge in [0, 0.05) is 16.8 Å². The summed E-state index contributed by atoms with van der Waals surface area (Å²) < 4.78 is 47.1. The van der Waals surface area contributed by atoms with E-state index in [9.17, 15) is 22.8 Å². The number of nitrogens with one attached hydrogen (secondary N) is 1. The van der Waals surface area contributed by atoms with Gasteiger partial charge in [-0.2, -0.15) is 13.2 Å². The Morgan fingerprint density at radius 1 is 1.17 bits per heavy atom. The molecule has 1 N–H and O–H groups in total. The van der Waals surface area contributed by atoms with Gasteiger partial charge in [-0.3, -0.25) is 0 Å². The maximum atomic E-state index is 12.7. The zero-order chi connectivity index (χ0) is 21.6. The fraction of sp³-hybridized carbons (Fsp3) is 0.167. The Labute approximate surface area is 173 Å². The molecule has 11 heteroatoms. The van der Waals surface area contributed by atoms with E-state index in [0.29, 0.717) is 16.8 Å². The highest BCUT2D eigenvalue weighted by molar-refractivity contribution is 7.99. The highest BCUT2D eigenvalue weighted by Crippen LogP contribution is 2.36. The molecule has 0 unspecified atom stereocenters. The topological polar surface area (TPSA) is 77.5 Å². The Kier molecular flexibility index (Phi) is 7.52. The van der Waals surface area contributed by atoms with Crippen LogP contribution in [0.5, 0.6) is 0 Å². The molecule has 154 valence electrons. The molecular weight excluding hydrogens is 433 g/mol. The molecule has 0 fully saturated rings. The highest BCUT2D eigenvalue weighted by atomic mass is 35.5. The van der Waals surface area contributed by atoms with E-state index in [4.69, 9.17) is 11.6 Å². The second-order valence-electron chi connectivity index (χ2n) is 5.33. The number of esters is 2. The summed E-state index contributed by atoms with van der Waals surface area (Å²) in [5.74, 6) is -1.51. The molecule has 0 radical (unpaired) electrons. The third kappa shape index (κ3) is 6.40. The molecule has 0 aliphatic carbocycles. The number of benzene rings is 1. The first-order valence-corrected chi connectivity index (χ1v) is 8.99. The fourth-order valence-corrected chi connectivity index (χ4v) is 3.00. The fourth-order valence-electron chi connectivity index (χ4n) is 1.96. The van der Waals surface area contributed by atoms with E-state index < -0.39 is 23.7 Å². The Balaban J connectivity index is 2.15. The lowest BCUT2D eigenvalue weighted by Crippen LogP contribution is -2.15. The van der Waals surface area contributed by atoms with E-state index in [-0.39, 0.29) is 15.7 Å². The van der Waals surface area contributed by atoms with Crippen LogP contribution in [-0.4, -0.2) is 31.1 Å². The number of nitrogens with zero attached hydrogens (tertiary/aromatic N) is 1. The molecule has 0 spiro atoms. The summed E-state index contributed by atoms with van der Waals surface area (Å²) in [5.41, 5.74) is -0.604. The lowest BCUT2D eigenvalue weighted by atomic mass is 10.3. The number of ether oxygens (including phenoxy) is 2. The number of carbonyl (C=O) groups excluding carboxylic acids is 2.